The van der Waals surface area contributed by atoms with Gasteiger partial charge in [-0.1, -0.05) is 5.16 Å². The molecule has 7 nitrogen and oxygen atoms in total. The molecule has 0 spiro atoms. The van der Waals surface area contributed by atoms with Crippen molar-refractivity contribution in [3.05, 3.63) is 11.7 Å². The van der Waals surface area contributed by atoms with Gasteiger partial charge < -0.3 is 19.5 Å². The lowest BCUT2D eigenvalue weighted by molar-refractivity contribution is 0.0491. The van der Waals surface area contributed by atoms with Gasteiger partial charge in [0.1, 0.15) is 0 Å². The van der Waals surface area contributed by atoms with Crippen molar-refractivity contribution in [2.45, 2.75) is 31.7 Å². The zero-order valence-corrected chi connectivity index (χ0v) is 12.4. The second-order valence-corrected chi connectivity index (χ2v) is 5.85. The number of rotatable bonds is 4. The molecule has 0 radical (unpaired) electrons. The van der Waals surface area contributed by atoms with Crippen molar-refractivity contribution >= 4 is 5.91 Å². The van der Waals surface area contributed by atoms with Gasteiger partial charge in [0, 0.05) is 26.8 Å². The largest absolute Gasteiger partial charge is 0.381 e. The predicted octanol–water partition coefficient (Wildman–Crippen LogP) is 0.993. The van der Waals surface area contributed by atoms with Gasteiger partial charge in [0.05, 0.1) is 6.04 Å². The van der Waals surface area contributed by atoms with E-state index >= 15 is 0 Å². The van der Waals surface area contributed by atoms with E-state index in [9.17, 15) is 4.79 Å². The molecule has 0 aromatic carbocycles. The monoisotopic (exact) mass is 294 g/mol. The molecular formula is C14H22N4O3. The third kappa shape index (κ3) is 3.41. The summed E-state index contributed by atoms with van der Waals surface area (Å²) in [6, 6.07) is 0.0971. The summed E-state index contributed by atoms with van der Waals surface area (Å²) in [4.78, 5) is 18.3. The number of nitrogens with zero attached hydrogens (tertiary/aromatic N) is 3. The average molecular weight is 294 g/mol. The first-order valence-electron chi connectivity index (χ1n) is 7.64. The summed E-state index contributed by atoms with van der Waals surface area (Å²) in [5.41, 5.74) is 0. The highest BCUT2D eigenvalue weighted by Gasteiger charge is 2.26. The van der Waals surface area contributed by atoms with Crippen LogP contribution in [-0.2, 0) is 4.74 Å². The first-order chi connectivity index (χ1) is 10.2. The van der Waals surface area contributed by atoms with Crippen molar-refractivity contribution in [3.63, 3.8) is 0 Å². The van der Waals surface area contributed by atoms with E-state index in [0.717, 1.165) is 45.4 Å². The fourth-order valence-corrected chi connectivity index (χ4v) is 2.93. The molecule has 1 amide bonds. The summed E-state index contributed by atoms with van der Waals surface area (Å²) in [5, 5.41) is 7.12. The molecule has 0 aliphatic carbocycles. The standard InChI is InChI=1S/C14H22N4O3/c1-18(9-10-4-7-20-8-5-10)14(19)12-16-13(21-17-12)11-3-2-6-15-11/h10-11,15H,2-9H2,1H3. The lowest BCUT2D eigenvalue weighted by Gasteiger charge is -2.26. The lowest BCUT2D eigenvalue weighted by atomic mass is 10.00. The summed E-state index contributed by atoms with van der Waals surface area (Å²) in [7, 11) is 1.79. The van der Waals surface area contributed by atoms with E-state index in [0.29, 0.717) is 18.4 Å². The van der Waals surface area contributed by atoms with Crippen LogP contribution in [0.3, 0.4) is 0 Å². The fourth-order valence-electron chi connectivity index (χ4n) is 2.93. The van der Waals surface area contributed by atoms with Crippen LogP contribution in [0, 0.1) is 5.92 Å². The molecule has 1 atom stereocenters. The molecule has 2 aliphatic rings. The maximum atomic E-state index is 12.3. The Balaban J connectivity index is 1.58. The van der Waals surface area contributed by atoms with Crippen LogP contribution in [0.4, 0.5) is 0 Å². The predicted molar refractivity (Wildman–Crippen MR) is 74.8 cm³/mol. The van der Waals surface area contributed by atoms with Crippen molar-refractivity contribution < 1.29 is 14.1 Å². The third-order valence-corrected chi connectivity index (χ3v) is 4.21. The maximum absolute atomic E-state index is 12.3. The van der Waals surface area contributed by atoms with Crippen LogP contribution in [0.1, 0.15) is 48.2 Å². The van der Waals surface area contributed by atoms with Gasteiger partial charge in [-0.25, -0.2) is 0 Å². The molecule has 3 heterocycles. The second kappa shape index (κ2) is 6.53. The Morgan fingerprint density at radius 2 is 2.19 bits per heavy atom. The molecule has 0 bridgehead atoms. The number of aromatic nitrogens is 2. The van der Waals surface area contributed by atoms with E-state index in [1.54, 1.807) is 11.9 Å². The molecule has 2 fully saturated rings. The van der Waals surface area contributed by atoms with Crippen LogP contribution in [0.25, 0.3) is 0 Å². The summed E-state index contributed by atoms with van der Waals surface area (Å²) in [6.45, 7) is 3.24. The smallest absolute Gasteiger partial charge is 0.295 e. The Morgan fingerprint density at radius 3 is 2.90 bits per heavy atom. The Morgan fingerprint density at radius 1 is 1.38 bits per heavy atom. The first kappa shape index (κ1) is 14.5. The minimum atomic E-state index is -0.172. The van der Waals surface area contributed by atoms with E-state index in [1.807, 2.05) is 0 Å². The van der Waals surface area contributed by atoms with Crippen LogP contribution in [0.15, 0.2) is 4.52 Å². The molecular weight excluding hydrogens is 272 g/mol. The Kier molecular flexibility index (Phi) is 4.50. The van der Waals surface area contributed by atoms with Crippen molar-refractivity contribution in [3.8, 4) is 0 Å². The van der Waals surface area contributed by atoms with Crippen LogP contribution in [0.5, 0.6) is 0 Å². The Bertz CT molecular complexity index is 478. The number of carbonyl (C=O) groups excluding carboxylic acids is 1. The molecule has 2 aliphatic heterocycles. The van der Waals surface area contributed by atoms with Gasteiger partial charge in [0.2, 0.25) is 5.89 Å². The van der Waals surface area contributed by atoms with E-state index in [1.165, 1.54) is 0 Å². The number of carbonyl (C=O) groups is 1. The van der Waals surface area contributed by atoms with Gasteiger partial charge >= 0.3 is 0 Å². The Labute approximate surface area is 124 Å². The van der Waals surface area contributed by atoms with Gasteiger partial charge in [0.25, 0.3) is 11.7 Å². The third-order valence-electron chi connectivity index (χ3n) is 4.21. The number of hydrogen-bond acceptors (Lipinski definition) is 6. The SMILES string of the molecule is CN(CC1CCOCC1)C(=O)c1noc(C2CCCN2)n1. The van der Waals surface area contributed by atoms with Gasteiger partial charge in [0.15, 0.2) is 0 Å². The molecule has 1 aromatic heterocycles. The summed E-state index contributed by atoms with van der Waals surface area (Å²) in [6.07, 6.45) is 4.08. The highest BCUT2D eigenvalue weighted by atomic mass is 16.5. The van der Waals surface area contributed by atoms with Gasteiger partial charge in [-0.15, -0.1) is 0 Å². The van der Waals surface area contributed by atoms with E-state index in [-0.39, 0.29) is 17.8 Å². The summed E-state index contributed by atoms with van der Waals surface area (Å²) >= 11 is 0. The molecule has 21 heavy (non-hydrogen) atoms. The highest BCUT2D eigenvalue weighted by molar-refractivity contribution is 5.90. The van der Waals surface area contributed by atoms with E-state index in [2.05, 4.69) is 15.5 Å². The Hall–Kier alpha value is -1.47. The molecule has 2 saturated heterocycles. The first-order valence-corrected chi connectivity index (χ1v) is 7.64. The van der Waals surface area contributed by atoms with Gasteiger partial charge in [-0.2, -0.15) is 4.98 Å². The molecule has 116 valence electrons. The lowest BCUT2D eigenvalue weighted by Crippen LogP contribution is -2.34. The number of hydrogen-bond donors (Lipinski definition) is 1. The van der Waals surface area contributed by atoms with Crippen molar-refractivity contribution in [1.82, 2.24) is 20.4 Å². The van der Waals surface area contributed by atoms with Gasteiger partial charge in [-0.3, -0.25) is 4.79 Å². The summed E-state index contributed by atoms with van der Waals surface area (Å²) in [5.74, 6) is 1.01. The normalized spacial score (nSPS) is 23.4. The van der Waals surface area contributed by atoms with Gasteiger partial charge in [-0.05, 0) is 38.1 Å². The molecule has 1 aromatic rings. The zero-order chi connectivity index (χ0) is 14.7. The molecule has 7 heteroatoms. The summed E-state index contributed by atoms with van der Waals surface area (Å²) < 4.78 is 10.6. The minimum Gasteiger partial charge on any atom is -0.381 e. The molecule has 0 saturated carbocycles. The zero-order valence-electron chi connectivity index (χ0n) is 12.4. The second-order valence-electron chi connectivity index (χ2n) is 5.85. The van der Waals surface area contributed by atoms with Crippen molar-refractivity contribution in [2.75, 3.05) is 33.4 Å². The number of nitrogens with one attached hydrogen (secondary N) is 1. The molecule has 3 rings (SSSR count). The maximum Gasteiger partial charge on any atom is 0.295 e. The van der Waals surface area contributed by atoms with Crippen LogP contribution >= 0.6 is 0 Å². The quantitative estimate of drug-likeness (QED) is 0.892. The van der Waals surface area contributed by atoms with Crippen molar-refractivity contribution in [2.24, 2.45) is 5.92 Å². The molecule has 1 unspecified atom stereocenters. The van der Waals surface area contributed by atoms with E-state index < -0.39 is 0 Å². The fraction of sp³-hybridized carbons (Fsp3) is 0.786. The average Bonchev–Trinajstić information content (AvgIpc) is 3.18. The molecule has 1 N–H and O–H groups in total. The topological polar surface area (TPSA) is 80.5 Å². The van der Waals surface area contributed by atoms with E-state index in [4.69, 9.17) is 9.26 Å². The van der Waals surface area contributed by atoms with Crippen molar-refractivity contribution in [1.29, 1.82) is 0 Å². The van der Waals surface area contributed by atoms with Crippen LogP contribution < -0.4 is 5.32 Å². The number of ether oxygens (including phenoxy) is 1. The van der Waals surface area contributed by atoms with Crippen LogP contribution in [-0.4, -0.2) is 54.3 Å². The number of amides is 1. The minimum absolute atomic E-state index is 0.0971. The van der Waals surface area contributed by atoms with Crippen LogP contribution in [0.2, 0.25) is 0 Å². The highest BCUT2D eigenvalue weighted by Crippen LogP contribution is 2.21.